The van der Waals surface area contributed by atoms with Crippen LogP contribution in [-0.2, 0) is 0 Å². The summed E-state index contributed by atoms with van der Waals surface area (Å²) in [5.74, 6) is -0.619. The van der Waals surface area contributed by atoms with Crippen molar-refractivity contribution >= 4 is 46.0 Å². The maximum Gasteiger partial charge on any atom is 0.292 e. The maximum atomic E-state index is 12.6. The molecule has 11 nitrogen and oxygen atoms in total. The van der Waals surface area contributed by atoms with Gasteiger partial charge in [0.15, 0.2) is 5.11 Å². The minimum absolute atomic E-state index is 0.0467. The SMILES string of the molecule is O=C(NC(=S)N1CCN(c2ccc([N+](=O)[O-])c(N3CCCCC3)c2)CC1)c1ccccc1[N+](=O)[O-]. The van der Waals surface area contributed by atoms with Crippen molar-refractivity contribution in [1.82, 2.24) is 10.2 Å². The van der Waals surface area contributed by atoms with Crippen molar-refractivity contribution in [1.29, 1.82) is 0 Å². The molecule has 2 saturated heterocycles. The Hall–Kier alpha value is -3.80. The molecule has 2 aromatic carbocycles. The summed E-state index contributed by atoms with van der Waals surface area (Å²) in [5.41, 5.74) is 1.36. The number of rotatable bonds is 5. The highest BCUT2D eigenvalue weighted by Gasteiger charge is 2.26. The summed E-state index contributed by atoms with van der Waals surface area (Å²) < 4.78 is 0. The number of amides is 1. The van der Waals surface area contributed by atoms with Gasteiger partial charge in [-0.3, -0.25) is 30.3 Å². The van der Waals surface area contributed by atoms with Crippen LogP contribution in [-0.4, -0.2) is 65.0 Å². The fraction of sp³-hybridized carbons (Fsp3) is 0.391. The van der Waals surface area contributed by atoms with Crippen LogP contribution in [0.2, 0.25) is 0 Å². The Balaban J connectivity index is 1.40. The molecule has 0 aliphatic carbocycles. The van der Waals surface area contributed by atoms with Gasteiger partial charge < -0.3 is 14.7 Å². The van der Waals surface area contributed by atoms with Crippen molar-refractivity contribution < 1.29 is 14.6 Å². The fourth-order valence-electron chi connectivity index (χ4n) is 4.49. The third-order valence-electron chi connectivity index (χ3n) is 6.35. The second kappa shape index (κ2) is 10.6. The molecule has 2 fully saturated rings. The molecule has 2 heterocycles. The fourth-order valence-corrected chi connectivity index (χ4v) is 4.76. The molecule has 2 aromatic rings. The van der Waals surface area contributed by atoms with Gasteiger partial charge >= 0.3 is 0 Å². The molecule has 0 bridgehead atoms. The highest BCUT2D eigenvalue weighted by Crippen LogP contribution is 2.34. The van der Waals surface area contributed by atoms with Gasteiger partial charge in [0.05, 0.1) is 9.85 Å². The number of benzene rings is 2. The lowest BCUT2D eigenvalue weighted by molar-refractivity contribution is -0.385. The number of thiocarbonyl (C=S) groups is 1. The first-order valence-electron chi connectivity index (χ1n) is 11.5. The van der Waals surface area contributed by atoms with E-state index in [0.717, 1.165) is 38.0 Å². The highest BCUT2D eigenvalue weighted by atomic mass is 32.1. The quantitative estimate of drug-likeness (QED) is 0.375. The summed E-state index contributed by atoms with van der Waals surface area (Å²) >= 11 is 5.39. The van der Waals surface area contributed by atoms with E-state index in [9.17, 15) is 25.0 Å². The van der Waals surface area contributed by atoms with Crippen LogP contribution in [0.1, 0.15) is 29.6 Å². The molecular formula is C23H26N6O5S. The van der Waals surface area contributed by atoms with E-state index in [-0.39, 0.29) is 27.0 Å². The molecule has 0 saturated carbocycles. The van der Waals surface area contributed by atoms with Crippen LogP contribution in [0, 0.1) is 20.2 Å². The van der Waals surface area contributed by atoms with Crippen LogP contribution in [0.5, 0.6) is 0 Å². The van der Waals surface area contributed by atoms with Gasteiger partial charge in [-0.1, -0.05) is 12.1 Å². The van der Waals surface area contributed by atoms with Crippen LogP contribution in [0.25, 0.3) is 0 Å². The molecule has 4 rings (SSSR count). The van der Waals surface area contributed by atoms with Crippen molar-refractivity contribution in [3.8, 4) is 0 Å². The third-order valence-corrected chi connectivity index (χ3v) is 6.71. The first-order valence-corrected chi connectivity index (χ1v) is 11.9. The number of nitrogens with zero attached hydrogens (tertiary/aromatic N) is 5. The van der Waals surface area contributed by atoms with Crippen LogP contribution in [0.3, 0.4) is 0 Å². The Morgan fingerprint density at radius 1 is 0.829 bits per heavy atom. The molecule has 0 atom stereocenters. The number of nitrogens with one attached hydrogen (secondary N) is 1. The zero-order valence-corrected chi connectivity index (χ0v) is 19.9. The average molecular weight is 499 g/mol. The van der Waals surface area contributed by atoms with Crippen molar-refractivity contribution in [3.05, 3.63) is 68.3 Å². The molecule has 2 aliphatic rings. The summed E-state index contributed by atoms with van der Waals surface area (Å²) in [4.78, 5) is 40.5. The molecule has 2 aliphatic heterocycles. The maximum absolute atomic E-state index is 12.6. The van der Waals surface area contributed by atoms with Crippen LogP contribution in [0.4, 0.5) is 22.7 Å². The monoisotopic (exact) mass is 498 g/mol. The zero-order chi connectivity index (χ0) is 24.9. The summed E-state index contributed by atoms with van der Waals surface area (Å²) in [7, 11) is 0. The van der Waals surface area contributed by atoms with E-state index in [4.69, 9.17) is 12.2 Å². The van der Waals surface area contributed by atoms with Gasteiger partial charge in [0.2, 0.25) is 0 Å². The first kappa shape index (κ1) is 24.3. The summed E-state index contributed by atoms with van der Waals surface area (Å²) in [6.07, 6.45) is 3.19. The van der Waals surface area contributed by atoms with E-state index >= 15 is 0 Å². The van der Waals surface area contributed by atoms with Crippen LogP contribution >= 0.6 is 12.2 Å². The molecule has 35 heavy (non-hydrogen) atoms. The van der Waals surface area contributed by atoms with E-state index < -0.39 is 10.8 Å². The van der Waals surface area contributed by atoms with E-state index in [1.54, 1.807) is 18.2 Å². The van der Waals surface area contributed by atoms with Crippen LogP contribution < -0.4 is 15.1 Å². The van der Waals surface area contributed by atoms with Crippen LogP contribution in [0.15, 0.2) is 42.5 Å². The molecule has 12 heteroatoms. The molecule has 1 N–H and O–H groups in total. The number of nitro groups is 2. The number of piperidine rings is 1. The minimum atomic E-state index is -0.619. The Labute approximate surface area is 207 Å². The second-order valence-corrected chi connectivity index (χ2v) is 8.87. The number of piperazine rings is 1. The largest absolute Gasteiger partial charge is 0.368 e. The lowest BCUT2D eigenvalue weighted by Gasteiger charge is -2.37. The molecular weight excluding hydrogens is 472 g/mol. The van der Waals surface area contributed by atoms with Gasteiger partial charge in [0.1, 0.15) is 11.3 Å². The predicted molar refractivity (Wildman–Crippen MR) is 136 cm³/mol. The number of hydrogen-bond donors (Lipinski definition) is 1. The van der Waals surface area contributed by atoms with Gasteiger partial charge in [-0.25, -0.2) is 0 Å². The van der Waals surface area contributed by atoms with Crippen molar-refractivity contribution in [2.45, 2.75) is 19.3 Å². The highest BCUT2D eigenvalue weighted by molar-refractivity contribution is 7.80. The molecule has 0 radical (unpaired) electrons. The smallest absolute Gasteiger partial charge is 0.292 e. The average Bonchev–Trinajstić information content (AvgIpc) is 2.88. The van der Waals surface area contributed by atoms with Gasteiger partial charge in [0, 0.05) is 57.1 Å². The Bertz CT molecular complexity index is 1140. The molecule has 184 valence electrons. The van der Waals surface area contributed by atoms with Gasteiger partial charge in [0.25, 0.3) is 17.3 Å². The number of nitro benzene ring substituents is 2. The third kappa shape index (κ3) is 5.48. The number of hydrogen-bond acceptors (Lipinski definition) is 8. The van der Waals surface area contributed by atoms with Crippen molar-refractivity contribution in [3.63, 3.8) is 0 Å². The molecule has 0 aromatic heterocycles. The topological polar surface area (TPSA) is 125 Å². The minimum Gasteiger partial charge on any atom is -0.368 e. The van der Waals surface area contributed by atoms with Gasteiger partial charge in [-0.05, 0) is 49.7 Å². The first-order chi connectivity index (χ1) is 16.8. The van der Waals surface area contributed by atoms with Crippen molar-refractivity contribution in [2.75, 3.05) is 49.1 Å². The number of carbonyl (C=O) groups is 1. The lowest BCUT2D eigenvalue weighted by Crippen LogP contribution is -2.52. The normalized spacial score (nSPS) is 16.1. The van der Waals surface area contributed by atoms with Gasteiger partial charge in [-0.15, -0.1) is 0 Å². The Morgan fingerprint density at radius 3 is 2.14 bits per heavy atom. The van der Waals surface area contributed by atoms with E-state index in [1.807, 2.05) is 11.0 Å². The molecule has 0 spiro atoms. The van der Waals surface area contributed by atoms with E-state index in [0.29, 0.717) is 31.9 Å². The van der Waals surface area contributed by atoms with Crippen molar-refractivity contribution in [2.24, 2.45) is 0 Å². The zero-order valence-electron chi connectivity index (χ0n) is 19.1. The number of anilines is 2. The second-order valence-electron chi connectivity index (χ2n) is 8.49. The standard InChI is InChI=1S/C23H26N6O5S/c30-22(18-6-2-3-7-19(18)28(31)32)24-23(35)27-14-12-25(13-15-27)17-8-9-20(29(33)34)21(16-17)26-10-4-1-5-11-26/h2-3,6-9,16H,1,4-5,10-15H2,(H,24,30,35). The number of carbonyl (C=O) groups excluding carboxylic acids is 1. The van der Waals surface area contributed by atoms with E-state index in [1.165, 1.54) is 18.2 Å². The molecule has 0 unspecified atom stereocenters. The Kier molecular flexibility index (Phi) is 7.39. The Morgan fingerprint density at radius 2 is 1.49 bits per heavy atom. The predicted octanol–water partition coefficient (Wildman–Crippen LogP) is 3.33. The van der Waals surface area contributed by atoms with Gasteiger partial charge in [-0.2, -0.15) is 0 Å². The van der Waals surface area contributed by atoms with E-state index in [2.05, 4.69) is 15.1 Å². The summed E-state index contributed by atoms with van der Waals surface area (Å²) in [6.45, 7) is 3.91. The summed E-state index contributed by atoms with van der Waals surface area (Å²) in [5, 5.41) is 25.6. The lowest BCUT2D eigenvalue weighted by atomic mass is 10.1. The molecule has 1 amide bonds. The summed E-state index contributed by atoms with van der Waals surface area (Å²) in [6, 6.07) is 11.0. The number of para-hydroxylation sites is 1.